The Kier molecular flexibility index (Phi) is 45.5. The first-order valence-corrected chi connectivity index (χ1v) is 35.5. The van der Waals surface area contributed by atoms with E-state index in [1.807, 2.05) is 0 Å². The molecular formula is C70H133NO9. The van der Waals surface area contributed by atoms with E-state index in [1.54, 1.807) is 0 Å². The molecule has 4 unspecified atom stereocenters. The van der Waals surface area contributed by atoms with Gasteiger partial charge in [0.15, 0.2) is 6.29 Å². The van der Waals surface area contributed by atoms with Crippen molar-refractivity contribution in [3.63, 3.8) is 0 Å². The zero-order valence-electron chi connectivity index (χ0n) is 53.2. The number of ether oxygens (including phenoxy) is 4. The number of hydrogen-bond donors (Lipinski definition) is 3. The fraction of sp³-hybridized carbons (Fsp3) is 0.971. The Morgan fingerprint density at radius 3 is 1.21 bits per heavy atom. The van der Waals surface area contributed by atoms with Crippen LogP contribution in [-0.2, 0) is 28.5 Å². The lowest BCUT2D eigenvalue weighted by molar-refractivity contribution is -0.270. The molecule has 6 atom stereocenters. The second-order valence-corrected chi connectivity index (χ2v) is 26.3. The maximum Gasteiger partial charge on any atom is 0.306 e. The van der Waals surface area contributed by atoms with Crippen LogP contribution < -0.4 is 0 Å². The minimum absolute atomic E-state index is 0.0128. The van der Waals surface area contributed by atoms with Gasteiger partial charge in [0.1, 0.15) is 24.4 Å². The van der Waals surface area contributed by atoms with Gasteiger partial charge in [-0.15, -0.1) is 0 Å². The number of esters is 2. The summed E-state index contributed by atoms with van der Waals surface area (Å²) in [4.78, 5) is 29.0. The van der Waals surface area contributed by atoms with Gasteiger partial charge in [0.2, 0.25) is 0 Å². The summed E-state index contributed by atoms with van der Waals surface area (Å²) in [5, 5.41) is 30.1. The van der Waals surface area contributed by atoms with Gasteiger partial charge in [-0.3, -0.25) is 9.59 Å². The molecule has 80 heavy (non-hydrogen) atoms. The third-order valence-corrected chi connectivity index (χ3v) is 19.0. The van der Waals surface area contributed by atoms with Crippen molar-refractivity contribution >= 4 is 11.9 Å². The van der Waals surface area contributed by atoms with E-state index in [0.29, 0.717) is 19.4 Å². The quantitative estimate of drug-likeness (QED) is 0.0399. The SMILES string of the molecule is CCCCCCCCC(CCCCC1CCC(CCC)CC1)OC(=O)CCCCCCCN(CCCCCCCC(=O)OC(CCCCCCCC)CCCCC1CCC(CCC)CC1)CCCCOC1O[C@H](CO)C(O)C[C@@H]1O. The summed E-state index contributed by atoms with van der Waals surface area (Å²) in [6.45, 7) is 12.4. The number of aliphatic hydroxyl groups excluding tert-OH is 3. The number of nitrogens with zero attached hydrogens (tertiary/aromatic N) is 1. The third kappa shape index (κ3) is 37.2. The van der Waals surface area contributed by atoms with E-state index in [0.717, 1.165) is 146 Å². The van der Waals surface area contributed by atoms with Crippen LogP contribution in [0.25, 0.3) is 0 Å². The second-order valence-electron chi connectivity index (χ2n) is 26.3. The Balaban J connectivity index is 1.36. The van der Waals surface area contributed by atoms with E-state index < -0.39 is 24.6 Å². The minimum Gasteiger partial charge on any atom is -0.462 e. The first kappa shape index (κ1) is 73.0. The second kappa shape index (κ2) is 49.9. The molecule has 0 amide bonds. The highest BCUT2D eigenvalue weighted by Gasteiger charge is 2.36. The predicted octanol–water partition coefficient (Wildman–Crippen LogP) is 18.3. The average molecular weight is 1130 g/mol. The molecule has 3 rings (SSSR count). The topological polar surface area (TPSA) is 135 Å². The molecule has 0 bridgehead atoms. The number of unbranched alkanes of at least 4 members (excludes halogenated alkanes) is 21. The first-order chi connectivity index (χ1) is 39.2. The molecule has 2 saturated carbocycles. The van der Waals surface area contributed by atoms with E-state index in [9.17, 15) is 24.9 Å². The average Bonchev–Trinajstić information content (AvgIpc) is 3.45. The van der Waals surface area contributed by atoms with Crippen LogP contribution >= 0.6 is 0 Å². The Bertz CT molecular complexity index is 1320. The smallest absolute Gasteiger partial charge is 0.306 e. The molecule has 0 radical (unpaired) electrons. The Labute approximate surface area is 494 Å². The maximum absolute atomic E-state index is 13.2. The third-order valence-electron chi connectivity index (χ3n) is 19.0. The van der Waals surface area contributed by atoms with Crippen LogP contribution in [0.5, 0.6) is 0 Å². The van der Waals surface area contributed by atoms with Crippen LogP contribution in [-0.4, -0.2) is 102 Å². The summed E-state index contributed by atoms with van der Waals surface area (Å²) in [6, 6.07) is 0. The van der Waals surface area contributed by atoms with Crippen molar-refractivity contribution < 1.29 is 43.9 Å². The van der Waals surface area contributed by atoms with Crippen LogP contribution in [0.1, 0.15) is 342 Å². The zero-order valence-corrected chi connectivity index (χ0v) is 53.2. The van der Waals surface area contributed by atoms with Crippen molar-refractivity contribution in [2.24, 2.45) is 23.7 Å². The number of aliphatic hydroxyl groups is 3. The maximum atomic E-state index is 13.2. The van der Waals surface area contributed by atoms with Gasteiger partial charge in [-0.05, 0) is 133 Å². The number of hydrogen-bond acceptors (Lipinski definition) is 10. The molecular weight excluding hydrogens is 999 g/mol. The van der Waals surface area contributed by atoms with E-state index in [2.05, 4.69) is 32.6 Å². The van der Waals surface area contributed by atoms with Crippen molar-refractivity contribution in [3.8, 4) is 0 Å². The molecule has 0 aromatic rings. The number of carbonyl (C=O) groups excluding carboxylic acids is 2. The van der Waals surface area contributed by atoms with Gasteiger partial charge in [0.25, 0.3) is 0 Å². The summed E-state index contributed by atoms with van der Waals surface area (Å²) < 4.78 is 24.0. The van der Waals surface area contributed by atoms with Gasteiger partial charge in [0, 0.05) is 25.9 Å². The van der Waals surface area contributed by atoms with Gasteiger partial charge < -0.3 is 39.2 Å². The van der Waals surface area contributed by atoms with E-state index >= 15 is 0 Å². The van der Waals surface area contributed by atoms with Crippen LogP contribution in [0.15, 0.2) is 0 Å². The molecule has 1 heterocycles. The van der Waals surface area contributed by atoms with E-state index in [4.69, 9.17) is 18.9 Å². The minimum atomic E-state index is -0.909. The van der Waals surface area contributed by atoms with Crippen molar-refractivity contribution in [2.45, 2.75) is 379 Å². The Hall–Kier alpha value is -1.30. The molecule has 0 aromatic carbocycles. The summed E-state index contributed by atoms with van der Waals surface area (Å²) >= 11 is 0. The van der Waals surface area contributed by atoms with Crippen molar-refractivity contribution in [1.29, 1.82) is 0 Å². The van der Waals surface area contributed by atoms with Gasteiger partial charge >= 0.3 is 11.9 Å². The van der Waals surface area contributed by atoms with Crippen LogP contribution in [0.4, 0.5) is 0 Å². The lowest BCUT2D eigenvalue weighted by atomic mass is 9.78. The van der Waals surface area contributed by atoms with Gasteiger partial charge in [-0.25, -0.2) is 0 Å². The first-order valence-electron chi connectivity index (χ1n) is 35.5. The molecule has 3 fully saturated rings. The molecule has 0 aromatic heterocycles. The molecule has 10 nitrogen and oxygen atoms in total. The molecule has 0 spiro atoms. The summed E-state index contributed by atoms with van der Waals surface area (Å²) in [5.74, 6) is 3.79. The fourth-order valence-corrected chi connectivity index (χ4v) is 13.8. The molecule has 10 heteroatoms. The zero-order chi connectivity index (χ0) is 57.5. The fourth-order valence-electron chi connectivity index (χ4n) is 13.8. The lowest BCUT2D eigenvalue weighted by Crippen LogP contribution is -2.49. The molecule has 1 aliphatic heterocycles. The lowest BCUT2D eigenvalue weighted by Gasteiger charge is -2.36. The predicted molar refractivity (Wildman–Crippen MR) is 333 cm³/mol. The molecule has 1 saturated heterocycles. The van der Waals surface area contributed by atoms with Crippen molar-refractivity contribution in [3.05, 3.63) is 0 Å². The Morgan fingerprint density at radius 1 is 0.438 bits per heavy atom. The molecule has 2 aliphatic carbocycles. The molecule has 3 N–H and O–H groups in total. The van der Waals surface area contributed by atoms with Gasteiger partial charge in [-0.2, -0.15) is 0 Å². The molecule has 472 valence electrons. The summed E-state index contributed by atoms with van der Waals surface area (Å²) in [7, 11) is 0. The number of rotatable bonds is 53. The number of carbonyl (C=O) groups is 2. The standard InChI is InChI=1S/C70H133NO9/c1-5-9-11-13-17-23-39-63(41-29-27-37-61-49-45-59(35-7-3)46-50-61)78-68(75)43-25-19-15-21-31-53-71(55-33-34-56-77-70-66(74)57-65(73)67(58-72)80-70)54-32-22-16-20-26-44-69(76)79-64(40-24-18-14-12-10-6-2)42-30-28-38-62-51-47-60(36-8-4)48-52-62/h59-67,70,72-74H,5-58H2,1-4H3/t59?,60?,61?,62?,63?,64?,65?,66-,67+,70?/m0/s1. The van der Waals surface area contributed by atoms with Gasteiger partial charge in [-0.1, -0.05) is 233 Å². The monoisotopic (exact) mass is 1130 g/mol. The van der Waals surface area contributed by atoms with Crippen molar-refractivity contribution in [1.82, 2.24) is 4.90 Å². The normalized spacial score (nSPS) is 23.4. The molecule has 3 aliphatic rings. The van der Waals surface area contributed by atoms with Gasteiger partial charge in [0.05, 0.1) is 12.7 Å². The van der Waals surface area contributed by atoms with Crippen LogP contribution in [0.2, 0.25) is 0 Å². The Morgan fingerprint density at radius 2 is 0.800 bits per heavy atom. The van der Waals surface area contributed by atoms with E-state index in [-0.39, 0.29) is 37.2 Å². The van der Waals surface area contributed by atoms with E-state index in [1.165, 1.54) is 193 Å². The summed E-state index contributed by atoms with van der Waals surface area (Å²) in [5.41, 5.74) is 0. The van der Waals surface area contributed by atoms with Crippen LogP contribution in [0.3, 0.4) is 0 Å². The largest absolute Gasteiger partial charge is 0.462 e. The highest BCUT2D eigenvalue weighted by Crippen LogP contribution is 2.36. The van der Waals surface area contributed by atoms with Crippen molar-refractivity contribution in [2.75, 3.05) is 32.8 Å². The highest BCUT2D eigenvalue weighted by molar-refractivity contribution is 5.69. The highest BCUT2D eigenvalue weighted by atomic mass is 16.7. The summed E-state index contributed by atoms with van der Waals surface area (Å²) in [6.07, 6.45) is 54.4. The van der Waals surface area contributed by atoms with Crippen LogP contribution in [0, 0.1) is 23.7 Å².